The molecule has 0 spiro atoms. The number of benzene rings is 2. The smallest absolute Gasteiger partial charge is 0.316 e. The Morgan fingerprint density at radius 3 is 2.40 bits per heavy atom. The number of esters is 1. The van der Waals surface area contributed by atoms with Gasteiger partial charge in [-0.1, -0.05) is 43.3 Å². The van der Waals surface area contributed by atoms with Crippen LogP contribution in [0, 0.1) is 29.6 Å². The summed E-state index contributed by atoms with van der Waals surface area (Å²) in [5.74, 6) is -1.59. The normalized spacial score (nSPS) is 28.8. The lowest BCUT2D eigenvalue weighted by Gasteiger charge is -2.20. The number of amides is 3. The summed E-state index contributed by atoms with van der Waals surface area (Å²) in [5, 5.41) is 0. The van der Waals surface area contributed by atoms with Crippen molar-refractivity contribution in [3.05, 3.63) is 66.2 Å². The molecular weight excluding hydrogens is 444 g/mol. The molecule has 6 rings (SSSR count). The number of anilines is 2. The van der Waals surface area contributed by atoms with E-state index in [2.05, 4.69) is 12.2 Å². The van der Waals surface area contributed by atoms with Gasteiger partial charge in [-0.2, -0.15) is 0 Å². The average Bonchev–Trinajstić information content (AvgIpc) is 3.62. The third-order valence-electron chi connectivity index (χ3n) is 7.89. The second-order valence-corrected chi connectivity index (χ2v) is 9.82. The topological polar surface area (TPSA) is 84.0 Å². The van der Waals surface area contributed by atoms with Gasteiger partial charge in [0.15, 0.2) is 0 Å². The molecule has 0 radical (unpaired) electrons. The minimum absolute atomic E-state index is 0.0821. The van der Waals surface area contributed by atoms with Crippen molar-refractivity contribution >= 4 is 35.1 Å². The number of ether oxygens (including phenoxy) is 1. The summed E-state index contributed by atoms with van der Waals surface area (Å²) in [6.07, 6.45) is 5.86. The van der Waals surface area contributed by atoms with Crippen LogP contribution in [-0.4, -0.2) is 30.2 Å². The summed E-state index contributed by atoms with van der Waals surface area (Å²) in [6, 6.07) is 14.2. The van der Waals surface area contributed by atoms with E-state index in [0.29, 0.717) is 5.69 Å². The first-order chi connectivity index (χ1) is 17.0. The van der Waals surface area contributed by atoms with Gasteiger partial charge in [0.1, 0.15) is 5.75 Å². The van der Waals surface area contributed by atoms with E-state index in [4.69, 9.17) is 4.74 Å². The van der Waals surface area contributed by atoms with Crippen molar-refractivity contribution in [1.82, 2.24) is 0 Å². The van der Waals surface area contributed by atoms with Gasteiger partial charge in [0.25, 0.3) is 0 Å². The Labute approximate surface area is 203 Å². The molecule has 178 valence electrons. The van der Waals surface area contributed by atoms with Crippen LogP contribution in [0.15, 0.2) is 60.7 Å². The minimum Gasteiger partial charge on any atom is -0.426 e. The summed E-state index contributed by atoms with van der Waals surface area (Å²) >= 11 is 0. The number of carbonyl (C=O) groups is 4. The Bertz CT molecular complexity index is 1250. The van der Waals surface area contributed by atoms with E-state index in [9.17, 15) is 19.2 Å². The van der Waals surface area contributed by atoms with E-state index in [1.54, 1.807) is 29.2 Å². The highest BCUT2D eigenvalue weighted by atomic mass is 16.5. The number of aryl methyl sites for hydroxylation is 1. The zero-order valence-corrected chi connectivity index (χ0v) is 19.4. The quantitative estimate of drug-likeness (QED) is 0.289. The van der Waals surface area contributed by atoms with Crippen molar-refractivity contribution in [3.8, 4) is 5.75 Å². The first-order valence-corrected chi connectivity index (χ1v) is 12.2. The lowest BCUT2D eigenvalue weighted by Crippen LogP contribution is -2.32. The predicted molar refractivity (Wildman–Crippen MR) is 129 cm³/mol. The van der Waals surface area contributed by atoms with Crippen molar-refractivity contribution in [2.75, 3.05) is 16.3 Å². The van der Waals surface area contributed by atoms with Crippen LogP contribution >= 0.6 is 0 Å². The summed E-state index contributed by atoms with van der Waals surface area (Å²) in [5.41, 5.74) is 2.30. The highest BCUT2D eigenvalue weighted by Gasteiger charge is 2.59. The number of nitrogens with zero attached hydrogens (tertiary/aromatic N) is 2. The molecule has 0 unspecified atom stereocenters. The maximum Gasteiger partial charge on any atom is 0.316 e. The van der Waals surface area contributed by atoms with Gasteiger partial charge in [-0.25, -0.2) is 4.90 Å². The Balaban J connectivity index is 1.17. The molecule has 7 nitrogen and oxygen atoms in total. The Morgan fingerprint density at radius 1 is 0.971 bits per heavy atom. The highest BCUT2D eigenvalue weighted by Crippen LogP contribution is 2.53. The van der Waals surface area contributed by atoms with E-state index in [0.717, 1.165) is 24.1 Å². The summed E-state index contributed by atoms with van der Waals surface area (Å²) in [7, 11) is 0. The Morgan fingerprint density at radius 2 is 1.69 bits per heavy atom. The van der Waals surface area contributed by atoms with Gasteiger partial charge in [-0.15, -0.1) is 0 Å². The molecule has 3 fully saturated rings. The molecule has 2 heterocycles. The number of imide groups is 1. The number of fused-ring (bicyclic) bond motifs is 5. The highest BCUT2D eigenvalue weighted by molar-refractivity contribution is 6.22. The van der Waals surface area contributed by atoms with E-state index < -0.39 is 11.9 Å². The van der Waals surface area contributed by atoms with E-state index in [-0.39, 0.29) is 60.1 Å². The zero-order valence-electron chi connectivity index (χ0n) is 19.4. The number of hydrogen-bond acceptors (Lipinski definition) is 5. The van der Waals surface area contributed by atoms with Gasteiger partial charge in [0, 0.05) is 24.7 Å². The summed E-state index contributed by atoms with van der Waals surface area (Å²) in [4.78, 5) is 54.8. The molecule has 0 aromatic heterocycles. The van der Waals surface area contributed by atoms with Crippen LogP contribution in [0.3, 0.4) is 0 Å². The first-order valence-electron chi connectivity index (χ1n) is 12.2. The van der Waals surface area contributed by atoms with Crippen molar-refractivity contribution in [2.24, 2.45) is 29.6 Å². The van der Waals surface area contributed by atoms with Gasteiger partial charge in [-0.3, -0.25) is 19.2 Å². The Hall–Kier alpha value is -3.74. The zero-order chi connectivity index (χ0) is 24.3. The Kier molecular flexibility index (Phi) is 5.09. The van der Waals surface area contributed by atoms with Gasteiger partial charge in [0.2, 0.25) is 17.7 Å². The number of rotatable bonds is 5. The van der Waals surface area contributed by atoms with E-state index >= 15 is 0 Å². The molecule has 2 aromatic carbocycles. The van der Waals surface area contributed by atoms with Crippen LogP contribution < -0.4 is 14.5 Å². The van der Waals surface area contributed by atoms with Gasteiger partial charge in [0.05, 0.1) is 23.4 Å². The van der Waals surface area contributed by atoms with Crippen LogP contribution in [-0.2, 0) is 25.6 Å². The van der Waals surface area contributed by atoms with Gasteiger partial charge >= 0.3 is 5.97 Å². The molecule has 4 aliphatic rings. The van der Waals surface area contributed by atoms with Gasteiger partial charge < -0.3 is 9.64 Å². The molecule has 2 saturated heterocycles. The SMILES string of the molecule is CCc1ccccc1N1C[C@H](C(=O)Oc2cccc(N3C(=O)[C@@H]4[C@@H](C3=O)[C@H]3C=C[C@H]4C3)c2)CC1=O. The average molecular weight is 471 g/mol. The molecule has 5 atom stereocenters. The molecule has 35 heavy (non-hydrogen) atoms. The van der Waals surface area contributed by atoms with Crippen molar-refractivity contribution in [3.63, 3.8) is 0 Å². The fraction of sp³-hybridized carbons (Fsp3) is 0.357. The standard InChI is InChI=1S/C28H26N2O5/c1-2-16-6-3-4-9-22(16)29-15-19(13-23(29)31)28(34)35-21-8-5-7-20(14-21)30-26(32)24-17-10-11-18(12-17)25(24)27(30)33/h3-11,14,17-19,24-25H,2,12-13,15H2,1H3/t17-,18-,19+,24-,25-/m0/s1. The summed E-state index contributed by atoms with van der Waals surface area (Å²) in [6.45, 7) is 2.29. The van der Waals surface area contributed by atoms with Crippen LogP contribution in [0.2, 0.25) is 0 Å². The van der Waals surface area contributed by atoms with Crippen molar-refractivity contribution in [2.45, 2.75) is 26.2 Å². The van der Waals surface area contributed by atoms with Crippen molar-refractivity contribution in [1.29, 1.82) is 0 Å². The van der Waals surface area contributed by atoms with Crippen molar-refractivity contribution < 1.29 is 23.9 Å². The molecular formula is C28H26N2O5. The van der Waals surface area contributed by atoms with Crippen LogP contribution in [0.4, 0.5) is 11.4 Å². The van der Waals surface area contributed by atoms with Crippen LogP contribution in [0.25, 0.3) is 0 Å². The van der Waals surface area contributed by atoms with Crippen LogP contribution in [0.5, 0.6) is 5.75 Å². The number of para-hydroxylation sites is 1. The molecule has 2 aromatic rings. The second kappa shape index (κ2) is 8.18. The first kappa shape index (κ1) is 21.8. The van der Waals surface area contributed by atoms with Crippen LogP contribution in [0.1, 0.15) is 25.3 Å². The molecule has 7 heteroatoms. The third kappa shape index (κ3) is 3.40. The maximum absolute atomic E-state index is 13.1. The minimum atomic E-state index is -0.591. The molecule has 2 aliphatic heterocycles. The predicted octanol–water partition coefficient (Wildman–Crippen LogP) is 3.52. The largest absolute Gasteiger partial charge is 0.426 e. The summed E-state index contributed by atoms with van der Waals surface area (Å²) < 4.78 is 5.63. The molecule has 3 amide bonds. The number of hydrogen-bond donors (Lipinski definition) is 0. The molecule has 1 saturated carbocycles. The molecule has 0 N–H and O–H groups in total. The number of carbonyl (C=O) groups excluding carboxylic acids is 4. The fourth-order valence-corrected chi connectivity index (χ4v) is 6.21. The molecule has 2 bridgehead atoms. The van der Waals surface area contributed by atoms with E-state index in [1.807, 2.05) is 31.2 Å². The molecule has 2 aliphatic carbocycles. The van der Waals surface area contributed by atoms with E-state index in [1.165, 1.54) is 4.90 Å². The number of allylic oxidation sites excluding steroid dienone is 2. The monoisotopic (exact) mass is 470 g/mol. The lowest BCUT2D eigenvalue weighted by atomic mass is 9.85. The lowest BCUT2D eigenvalue weighted by molar-refractivity contribution is -0.139. The fourth-order valence-electron chi connectivity index (χ4n) is 6.21. The second-order valence-electron chi connectivity index (χ2n) is 9.82. The third-order valence-corrected chi connectivity index (χ3v) is 7.89. The maximum atomic E-state index is 13.1. The van der Waals surface area contributed by atoms with Gasteiger partial charge in [-0.05, 0) is 48.4 Å².